The van der Waals surface area contributed by atoms with Gasteiger partial charge in [0, 0.05) is 36.1 Å². The lowest BCUT2D eigenvalue weighted by molar-refractivity contribution is -0.111. The molecule has 0 aliphatic heterocycles. The average molecular weight is 291 g/mol. The summed E-state index contributed by atoms with van der Waals surface area (Å²) < 4.78 is 27.5. The molecule has 0 bridgehead atoms. The van der Waals surface area contributed by atoms with Crippen molar-refractivity contribution >= 4 is 17.7 Å². The smallest absolute Gasteiger partial charge is 0.248 e. The Morgan fingerprint density at radius 1 is 1.29 bits per heavy atom. The van der Waals surface area contributed by atoms with E-state index in [9.17, 15) is 13.6 Å². The molecular formula is C15H15F2N3O. The number of nitrogens with zero attached hydrogens (tertiary/aromatic N) is 2. The summed E-state index contributed by atoms with van der Waals surface area (Å²) in [6, 6.07) is 3.19. The van der Waals surface area contributed by atoms with Crippen molar-refractivity contribution in [3.63, 3.8) is 0 Å². The standard InChI is InChI=1S/C15H15F2N3O/c1-9-12(10(2)20(3)19-9)5-7-15(21)18-11-4-6-13(16)14(17)8-11/h4-8H,1-3H3,(H,18,21)/b7-5+. The molecule has 2 aromatic rings. The number of carbonyl (C=O) groups excluding carboxylic acids is 1. The summed E-state index contributed by atoms with van der Waals surface area (Å²) in [4.78, 5) is 11.8. The van der Waals surface area contributed by atoms with Crippen molar-refractivity contribution in [2.75, 3.05) is 5.32 Å². The van der Waals surface area contributed by atoms with Gasteiger partial charge >= 0.3 is 0 Å². The third kappa shape index (κ3) is 3.34. The van der Waals surface area contributed by atoms with E-state index >= 15 is 0 Å². The lowest BCUT2D eigenvalue weighted by Gasteiger charge is -2.02. The number of rotatable bonds is 3. The monoisotopic (exact) mass is 291 g/mol. The molecule has 0 spiro atoms. The van der Waals surface area contributed by atoms with Crippen LogP contribution in [0.15, 0.2) is 24.3 Å². The van der Waals surface area contributed by atoms with Crippen LogP contribution in [-0.4, -0.2) is 15.7 Å². The predicted octanol–water partition coefficient (Wildman–Crippen LogP) is 2.97. The summed E-state index contributed by atoms with van der Waals surface area (Å²) in [7, 11) is 1.82. The molecule has 2 rings (SSSR count). The summed E-state index contributed by atoms with van der Waals surface area (Å²) in [5.74, 6) is -2.38. The van der Waals surface area contributed by atoms with Crippen LogP contribution in [0.2, 0.25) is 0 Å². The summed E-state index contributed by atoms with van der Waals surface area (Å²) in [5.41, 5.74) is 2.80. The van der Waals surface area contributed by atoms with Gasteiger partial charge in [-0.2, -0.15) is 5.10 Å². The van der Waals surface area contributed by atoms with E-state index in [1.807, 2.05) is 20.9 Å². The Balaban J connectivity index is 2.11. The second kappa shape index (κ2) is 5.87. The number of aryl methyl sites for hydroxylation is 2. The molecule has 110 valence electrons. The highest BCUT2D eigenvalue weighted by Crippen LogP contribution is 2.15. The zero-order valence-corrected chi connectivity index (χ0v) is 11.9. The van der Waals surface area contributed by atoms with Gasteiger partial charge in [0.05, 0.1) is 5.69 Å². The van der Waals surface area contributed by atoms with Crippen molar-refractivity contribution in [3.8, 4) is 0 Å². The zero-order valence-electron chi connectivity index (χ0n) is 11.9. The minimum atomic E-state index is -1.00. The van der Waals surface area contributed by atoms with Crippen LogP contribution in [0.4, 0.5) is 14.5 Å². The van der Waals surface area contributed by atoms with Crippen LogP contribution in [0.5, 0.6) is 0 Å². The minimum Gasteiger partial charge on any atom is -0.322 e. The van der Waals surface area contributed by atoms with Gasteiger partial charge in [0.25, 0.3) is 0 Å². The molecule has 1 aromatic heterocycles. The molecule has 0 saturated heterocycles. The van der Waals surface area contributed by atoms with Crippen molar-refractivity contribution in [2.45, 2.75) is 13.8 Å². The van der Waals surface area contributed by atoms with Crippen LogP contribution >= 0.6 is 0 Å². The predicted molar refractivity (Wildman–Crippen MR) is 76.7 cm³/mol. The van der Waals surface area contributed by atoms with Gasteiger partial charge in [0.15, 0.2) is 11.6 Å². The fourth-order valence-electron chi connectivity index (χ4n) is 1.95. The summed E-state index contributed by atoms with van der Waals surface area (Å²) in [6.07, 6.45) is 2.98. The largest absolute Gasteiger partial charge is 0.322 e. The Kier molecular flexibility index (Phi) is 4.16. The van der Waals surface area contributed by atoms with E-state index < -0.39 is 17.5 Å². The molecule has 0 radical (unpaired) electrons. The molecule has 1 aromatic carbocycles. The van der Waals surface area contributed by atoms with Gasteiger partial charge in [0.1, 0.15) is 0 Å². The van der Waals surface area contributed by atoms with Gasteiger partial charge in [0.2, 0.25) is 5.91 Å². The molecule has 0 aliphatic carbocycles. The molecule has 0 unspecified atom stereocenters. The molecular weight excluding hydrogens is 276 g/mol. The van der Waals surface area contributed by atoms with Crippen LogP contribution < -0.4 is 5.32 Å². The molecule has 0 atom stereocenters. The number of nitrogens with one attached hydrogen (secondary N) is 1. The van der Waals surface area contributed by atoms with Crippen LogP contribution in [0.1, 0.15) is 17.0 Å². The van der Waals surface area contributed by atoms with E-state index in [4.69, 9.17) is 0 Å². The lowest BCUT2D eigenvalue weighted by Crippen LogP contribution is -2.08. The number of aromatic nitrogens is 2. The molecule has 21 heavy (non-hydrogen) atoms. The second-order valence-electron chi connectivity index (χ2n) is 4.66. The molecule has 0 fully saturated rings. The maximum absolute atomic E-state index is 13.0. The van der Waals surface area contributed by atoms with Gasteiger partial charge in [-0.1, -0.05) is 0 Å². The highest BCUT2D eigenvalue weighted by atomic mass is 19.2. The van der Waals surface area contributed by atoms with Gasteiger partial charge < -0.3 is 5.32 Å². The van der Waals surface area contributed by atoms with Crippen molar-refractivity contribution in [1.29, 1.82) is 0 Å². The first kappa shape index (κ1) is 14.9. The van der Waals surface area contributed by atoms with E-state index in [2.05, 4.69) is 10.4 Å². The van der Waals surface area contributed by atoms with Crippen molar-refractivity contribution in [3.05, 3.63) is 52.9 Å². The third-order valence-corrected chi connectivity index (χ3v) is 3.15. The van der Waals surface area contributed by atoms with E-state index in [0.29, 0.717) is 0 Å². The number of benzene rings is 1. The van der Waals surface area contributed by atoms with Gasteiger partial charge in [-0.15, -0.1) is 0 Å². The minimum absolute atomic E-state index is 0.197. The number of amides is 1. The molecule has 0 saturated carbocycles. The maximum atomic E-state index is 13.0. The van der Waals surface area contributed by atoms with Crippen molar-refractivity contribution in [2.24, 2.45) is 7.05 Å². The fourth-order valence-corrected chi connectivity index (χ4v) is 1.95. The maximum Gasteiger partial charge on any atom is 0.248 e. The molecule has 4 nitrogen and oxygen atoms in total. The number of halogens is 2. The van der Waals surface area contributed by atoms with Gasteiger partial charge in [-0.05, 0) is 32.1 Å². The first-order chi connectivity index (χ1) is 9.88. The molecule has 1 N–H and O–H groups in total. The Bertz CT molecular complexity index is 720. The highest BCUT2D eigenvalue weighted by Gasteiger charge is 2.07. The van der Waals surface area contributed by atoms with Crippen LogP contribution in [0, 0.1) is 25.5 Å². The average Bonchev–Trinajstić information content (AvgIpc) is 2.66. The van der Waals surface area contributed by atoms with E-state index in [1.54, 1.807) is 10.8 Å². The lowest BCUT2D eigenvalue weighted by atomic mass is 10.2. The van der Waals surface area contributed by atoms with E-state index in [0.717, 1.165) is 29.1 Å². The number of carbonyl (C=O) groups is 1. The van der Waals surface area contributed by atoms with Crippen LogP contribution in [-0.2, 0) is 11.8 Å². The topological polar surface area (TPSA) is 46.9 Å². The second-order valence-corrected chi connectivity index (χ2v) is 4.66. The third-order valence-electron chi connectivity index (χ3n) is 3.15. The summed E-state index contributed by atoms with van der Waals surface area (Å²) in [6.45, 7) is 3.74. The van der Waals surface area contributed by atoms with Crippen molar-refractivity contribution in [1.82, 2.24) is 9.78 Å². The van der Waals surface area contributed by atoms with Gasteiger partial charge in [-0.3, -0.25) is 9.48 Å². The van der Waals surface area contributed by atoms with Gasteiger partial charge in [-0.25, -0.2) is 8.78 Å². The van der Waals surface area contributed by atoms with Crippen LogP contribution in [0.3, 0.4) is 0 Å². The first-order valence-corrected chi connectivity index (χ1v) is 6.33. The SMILES string of the molecule is Cc1nn(C)c(C)c1/C=C/C(=O)Nc1ccc(F)c(F)c1. The molecule has 1 amide bonds. The number of hydrogen-bond donors (Lipinski definition) is 1. The Labute approximate surface area is 121 Å². The van der Waals surface area contributed by atoms with E-state index in [-0.39, 0.29) is 5.69 Å². The Morgan fingerprint density at radius 3 is 2.57 bits per heavy atom. The Morgan fingerprint density at radius 2 is 2.00 bits per heavy atom. The number of hydrogen-bond acceptors (Lipinski definition) is 2. The molecule has 0 aliphatic rings. The highest BCUT2D eigenvalue weighted by molar-refractivity contribution is 6.02. The summed E-state index contributed by atoms with van der Waals surface area (Å²) in [5, 5.41) is 6.70. The fraction of sp³-hybridized carbons (Fsp3) is 0.200. The summed E-state index contributed by atoms with van der Waals surface area (Å²) >= 11 is 0. The molecule has 1 heterocycles. The van der Waals surface area contributed by atoms with E-state index in [1.165, 1.54) is 12.1 Å². The number of anilines is 1. The van der Waals surface area contributed by atoms with Crippen molar-refractivity contribution < 1.29 is 13.6 Å². The first-order valence-electron chi connectivity index (χ1n) is 6.33. The molecule has 6 heteroatoms. The zero-order chi connectivity index (χ0) is 15.6. The quantitative estimate of drug-likeness (QED) is 0.884. The van der Waals surface area contributed by atoms with Crippen LogP contribution in [0.25, 0.3) is 6.08 Å². The Hall–Kier alpha value is -2.50. The normalized spacial score (nSPS) is 11.1.